The molecule has 27 nitrogen and oxygen atoms in total. The summed E-state index contributed by atoms with van der Waals surface area (Å²) in [5, 5.41) is 51.5. The number of hydrogen-bond donors (Lipinski definition) is 9. The van der Waals surface area contributed by atoms with Gasteiger partial charge < -0.3 is 75.5 Å². The first-order valence-corrected chi connectivity index (χ1v) is 33.8. The first-order chi connectivity index (χ1) is 48.3. The molecule has 6 rings (SSSR count). The summed E-state index contributed by atoms with van der Waals surface area (Å²) >= 11 is 0. The average Bonchev–Trinajstić information content (AvgIpc) is 0.794. The maximum absolute atomic E-state index is 12.0. The van der Waals surface area contributed by atoms with Gasteiger partial charge in [-0.2, -0.15) is 43.2 Å². The number of aryl methyl sites for hydroxylation is 1. The first kappa shape index (κ1) is 93.0. The van der Waals surface area contributed by atoms with Gasteiger partial charge in [-0.25, -0.2) is 28.8 Å². The average molecular weight is 1530 g/mol. The van der Waals surface area contributed by atoms with Gasteiger partial charge in [0, 0.05) is 19.3 Å². The molecule has 6 aromatic carbocycles. The number of carbonyl (C=O) groups excluding carboxylic acids is 6. The highest BCUT2D eigenvalue weighted by atomic mass is 32.3. The molecular formula is C69H87BF6N4O23S2. The number of phenolic OH excluding ortho intramolecular Hbond substituents is 2. The molecule has 0 heterocycles. The van der Waals surface area contributed by atoms with Crippen LogP contribution in [0.1, 0.15) is 90.1 Å². The van der Waals surface area contributed by atoms with Crippen LogP contribution in [0.3, 0.4) is 0 Å². The van der Waals surface area contributed by atoms with Crippen molar-refractivity contribution in [3.05, 3.63) is 186 Å². The predicted molar refractivity (Wildman–Crippen MR) is 373 cm³/mol. The van der Waals surface area contributed by atoms with Crippen molar-refractivity contribution in [3.63, 3.8) is 0 Å². The van der Waals surface area contributed by atoms with E-state index in [0.717, 1.165) is 38.9 Å². The molecule has 0 fully saturated rings. The van der Waals surface area contributed by atoms with Crippen molar-refractivity contribution >= 4 is 75.0 Å². The van der Waals surface area contributed by atoms with Crippen molar-refractivity contribution in [2.75, 3.05) is 21.3 Å². The molecule has 0 spiro atoms. The van der Waals surface area contributed by atoms with Gasteiger partial charge in [0.25, 0.3) is 0 Å². The Bertz CT molecular complexity index is 3780. The summed E-state index contributed by atoms with van der Waals surface area (Å²) in [5.74, 6) is -2.30. The standard InChI is InChI=1S/C21H25NO4.C16H23NO4.C15H21NO5.C9H11NO3.C6H7BO2.C2F6O5S2/c1-21(2,3)26-20(24)22-18(19(23)25-4)14-15-10-12-17(13-11-15)16-8-6-5-7-9-16;1-11-6-8-12(9-7-11)10-13(14(18)20-5)17-15(19)21-16(2,3)4;1-15(2,3)21-14(19)16-12(13(18)20-4)9-10-5-7-11(17)8-6-10;10-8(9(12)13)5-6-1-3-7(11)4-2-6;8-7(9)6-4-2-1-3-5-6;3-1(4,5)14(9,10)13-15(11,12)2(6,7)8/h5-13,18H,14H2,1-4H3,(H,22,24);6-9,13H,10H2,1-5H3,(H,17,19);5-8,12,17H,9H2,1-4H3,(H,16,19);1-4,8,11H,5,10H2,(H,12,13);1-5,8-9H;/t18-;13-;12-;8-;;/m1111../s1. The maximum atomic E-state index is 12.0. The van der Waals surface area contributed by atoms with E-state index >= 15 is 0 Å². The largest absolute Gasteiger partial charge is 0.524 e. The number of amides is 3. The number of esters is 3. The topological polar surface area (TPSA) is 416 Å². The second kappa shape index (κ2) is 42.7. The van der Waals surface area contributed by atoms with Crippen LogP contribution in [0.2, 0.25) is 0 Å². The highest BCUT2D eigenvalue weighted by Gasteiger charge is 2.57. The number of nitrogens with one attached hydrogen (secondary N) is 3. The summed E-state index contributed by atoms with van der Waals surface area (Å²) in [5.41, 5.74) is -1.80. The molecule has 0 aliphatic rings. The van der Waals surface area contributed by atoms with Gasteiger partial charge in [-0.1, -0.05) is 139 Å². The van der Waals surface area contributed by atoms with Gasteiger partial charge in [0.05, 0.1) is 21.3 Å². The van der Waals surface area contributed by atoms with Crippen LogP contribution in [0.5, 0.6) is 11.5 Å². The van der Waals surface area contributed by atoms with Crippen LogP contribution in [0, 0.1) is 6.92 Å². The summed E-state index contributed by atoms with van der Waals surface area (Å²) in [6, 6.07) is 43.6. The quantitative estimate of drug-likeness (QED) is 0.0120. The van der Waals surface area contributed by atoms with Gasteiger partial charge in [-0.3, -0.25) is 4.79 Å². The number of hydrogen-bond acceptors (Lipinski definition) is 23. The zero-order chi connectivity index (χ0) is 80.5. The minimum absolute atomic E-state index is 0.133. The summed E-state index contributed by atoms with van der Waals surface area (Å²) in [6.45, 7) is 17.8. The van der Waals surface area contributed by atoms with Crippen molar-refractivity contribution < 1.29 is 134 Å². The van der Waals surface area contributed by atoms with Crippen LogP contribution in [0.15, 0.2) is 158 Å². The van der Waals surface area contributed by atoms with Crippen LogP contribution >= 0.6 is 0 Å². The smallest absolute Gasteiger partial charge is 0.508 e. The molecule has 0 radical (unpaired) electrons. The minimum Gasteiger partial charge on any atom is -0.508 e. The number of halogens is 6. The lowest BCUT2D eigenvalue weighted by Gasteiger charge is -2.22. The van der Waals surface area contributed by atoms with Gasteiger partial charge in [0.15, 0.2) is 0 Å². The maximum Gasteiger partial charge on any atom is 0.524 e. The van der Waals surface area contributed by atoms with Crippen molar-refractivity contribution in [1.29, 1.82) is 0 Å². The van der Waals surface area contributed by atoms with Crippen molar-refractivity contribution in [2.24, 2.45) is 5.73 Å². The fourth-order valence-electron chi connectivity index (χ4n) is 7.68. The number of alkyl carbamates (subject to hydrolysis) is 3. The molecule has 3 amide bonds. The lowest BCUT2D eigenvalue weighted by Crippen LogP contribution is -2.45. The number of aliphatic carboxylic acids is 1. The van der Waals surface area contributed by atoms with Gasteiger partial charge in [0.2, 0.25) is 0 Å². The van der Waals surface area contributed by atoms with E-state index in [9.17, 15) is 81.8 Å². The Morgan fingerprint density at radius 1 is 0.438 bits per heavy atom. The number of ether oxygens (including phenoxy) is 6. The molecule has 36 heteroatoms. The third-order valence-electron chi connectivity index (χ3n) is 12.5. The molecule has 578 valence electrons. The van der Waals surface area contributed by atoms with Crippen LogP contribution in [-0.2, 0) is 97.1 Å². The molecule has 0 saturated carbocycles. The Kier molecular flexibility index (Phi) is 37.8. The van der Waals surface area contributed by atoms with Crippen LogP contribution in [0.25, 0.3) is 11.1 Å². The SMILES string of the molecule is COC(=O)[C@@H](Cc1ccc(-c2ccccc2)cc1)NC(=O)OC(C)(C)C.COC(=O)[C@@H](Cc1ccc(C)cc1)NC(=O)OC(C)(C)C.COC(=O)[C@@H](Cc1ccc(O)cc1)NC(=O)OC(C)(C)C.N[C@H](Cc1ccc(O)cc1)C(=O)O.O=S(=O)(OS(=O)(=O)C(F)(F)F)C(F)(F)F.OB(O)c1ccccc1. The fourth-order valence-corrected chi connectivity index (χ4v) is 9.24. The number of carbonyl (C=O) groups is 7. The molecule has 0 aliphatic heterocycles. The second-order valence-corrected chi connectivity index (χ2v) is 28.2. The number of benzene rings is 6. The Morgan fingerprint density at radius 2 is 0.705 bits per heavy atom. The highest BCUT2D eigenvalue weighted by Crippen LogP contribution is 2.32. The predicted octanol–water partition coefficient (Wildman–Crippen LogP) is 8.98. The molecule has 0 unspecified atom stereocenters. The van der Waals surface area contributed by atoms with Gasteiger partial charge in [-0.15, -0.1) is 3.63 Å². The minimum atomic E-state index is -6.85. The molecule has 10 N–H and O–H groups in total. The Hall–Kier alpha value is -10.0. The van der Waals surface area contributed by atoms with E-state index < -0.39 is 121 Å². The fraction of sp³-hybridized carbons (Fsp3) is 0.377. The third kappa shape index (κ3) is 38.9. The molecule has 105 heavy (non-hydrogen) atoms. The number of alkyl halides is 6. The zero-order valence-electron chi connectivity index (χ0n) is 59.5. The molecule has 0 aromatic heterocycles. The number of phenols is 2. The van der Waals surface area contributed by atoms with E-state index in [1.54, 1.807) is 111 Å². The summed E-state index contributed by atoms with van der Waals surface area (Å²) in [6.07, 6.45) is -0.773. The zero-order valence-corrected chi connectivity index (χ0v) is 61.1. The summed E-state index contributed by atoms with van der Waals surface area (Å²) < 4.78 is 140. The Balaban J connectivity index is 0.000000647. The third-order valence-corrected chi connectivity index (χ3v) is 15.1. The number of aromatic hydroxyl groups is 2. The number of methoxy groups -OCH3 is 3. The van der Waals surface area contributed by atoms with Crippen LogP contribution < -0.4 is 27.1 Å². The van der Waals surface area contributed by atoms with Crippen molar-refractivity contribution in [3.8, 4) is 22.6 Å². The molecule has 0 saturated heterocycles. The number of carboxylic acids is 1. The summed E-state index contributed by atoms with van der Waals surface area (Å²) in [4.78, 5) is 81.5. The first-order valence-electron chi connectivity index (χ1n) is 31.0. The monoisotopic (exact) mass is 1530 g/mol. The number of carboxylic acid groups (broad SMARTS) is 1. The van der Waals surface area contributed by atoms with Gasteiger partial charge in [-0.05, 0) is 139 Å². The van der Waals surface area contributed by atoms with E-state index in [4.69, 9.17) is 49.7 Å². The molecular weight excluding hydrogens is 1440 g/mol. The van der Waals surface area contributed by atoms with Gasteiger partial charge >= 0.3 is 80.5 Å². The van der Waals surface area contributed by atoms with Crippen LogP contribution in [-0.4, -0.2) is 165 Å². The van der Waals surface area contributed by atoms with E-state index in [0.29, 0.717) is 18.3 Å². The van der Waals surface area contributed by atoms with Gasteiger partial charge in [0.1, 0.15) is 52.5 Å². The van der Waals surface area contributed by atoms with E-state index in [1.165, 1.54) is 45.6 Å². The lowest BCUT2D eigenvalue weighted by atomic mass is 9.81. The highest BCUT2D eigenvalue weighted by molar-refractivity contribution is 8.00. The van der Waals surface area contributed by atoms with Crippen molar-refractivity contribution in [2.45, 2.75) is 147 Å². The molecule has 4 atom stereocenters. The Labute approximate surface area is 604 Å². The molecule has 0 aliphatic carbocycles. The second-order valence-electron chi connectivity index (χ2n) is 25.0. The summed E-state index contributed by atoms with van der Waals surface area (Å²) in [7, 11) is -11.2. The molecule has 6 aromatic rings. The van der Waals surface area contributed by atoms with E-state index in [2.05, 4.69) is 20.7 Å². The number of rotatable bonds is 19. The Morgan fingerprint density at radius 3 is 0.962 bits per heavy atom. The number of nitrogens with two attached hydrogens (primary N) is 1. The van der Waals surface area contributed by atoms with E-state index in [1.807, 2.05) is 95.5 Å². The van der Waals surface area contributed by atoms with Crippen molar-refractivity contribution in [1.82, 2.24) is 16.0 Å². The van der Waals surface area contributed by atoms with E-state index in [-0.39, 0.29) is 24.3 Å². The van der Waals surface area contributed by atoms with Crippen LogP contribution in [0.4, 0.5) is 40.7 Å². The molecule has 0 bridgehead atoms. The normalized spacial score (nSPS) is 12.5. The lowest BCUT2D eigenvalue weighted by molar-refractivity contribution is -0.143.